The van der Waals surface area contributed by atoms with Crippen LogP contribution >= 0.6 is 0 Å². The Morgan fingerprint density at radius 2 is 2.15 bits per heavy atom. The lowest BCUT2D eigenvalue weighted by molar-refractivity contribution is 0.0559. The van der Waals surface area contributed by atoms with Crippen LogP contribution in [-0.2, 0) is 6.54 Å². The van der Waals surface area contributed by atoms with Crippen molar-refractivity contribution in [3.63, 3.8) is 0 Å². The molecule has 0 bridgehead atoms. The zero-order chi connectivity index (χ0) is 9.90. The number of imidazole rings is 1. The molecule has 5 nitrogen and oxygen atoms in total. The van der Waals surface area contributed by atoms with Gasteiger partial charge in [0.1, 0.15) is 0 Å². The fourth-order valence-corrected chi connectivity index (χ4v) is 1.04. The minimum atomic E-state index is -0.547. The molecular weight excluding hydrogens is 170 g/mol. The van der Waals surface area contributed by atoms with Gasteiger partial charge in [-0.2, -0.15) is 0 Å². The molecule has 0 saturated carbocycles. The number of anilines is 1. The Kier molecular flexibility index (Phi) is 2.90. The molecule has 0 aliphatic heterocycles. The maximum absolute atomic E-state index is 9.04. The topological polar surface area (TPSA) is 84.3 Å². The first kappa shape index (κ1) is 10.0. The Morgan fingerprint density at radius 3 is 2.54 bits per heavy atom. The van der Waals surface area contributed by atoms with Crippen LogP contribution in [0.4, 0.5) is 5.95 Å². The van der Waals surface area contributed by atoms with Gasteiger partial charge >= 0.3 is 0 Å². The van der Waals surface area contributed by atoms with Crippen LogP contribution in [-0.4, -0.2) is 33.0 Å². The van der Waals surface area contributed by atoms with Crippen LogP contribution < -0.4 is 5.73 Å². The molecule has 0 fully saturated rings. The second-order valence-electron chi connectivity index (χ2n) is 3.54. The minimum Gasteiger partial charge on any atom is -0.396 e. The van der Waals surface area contributed by atoms with Gasteiger partial charge in [-0.05, 0) is 0 Å². The number of rotatable bonds is 4. The summed E-state index contributed by atoms with van der Waals surface area (Å²) >= 11 is 0. The first-order chi connectivity index (χ1) is 6.11. The third kappa shape index (κ3) is 2.19. The van der Waals surface area contributed by atoms with E-state index in [-0.39, 0.29) is 13.2 Å². The number of nitrogens with zero attached hydrogens (tertiary/aromatic N) is 2. The highest BCUT2D eigenvalue weighted by Gasteiger charge is 2.23. The Bertz CT molecular complexity index is 268. The predicted octanol–water partition coefficient (Wildman–Crippen LogP) is -0.544. The van der Waals surface area contributed by atoms with Crippen LogP contribution in [0.5, 0.6) is 0 Å². The molecule has 0 spiro atoms. The van der Waals surface area contributed by atoms with Crippen molar-refractivity contribution in [2.24, 2.45) is 5.41 Å². The van der Waals surface area contributed by atoms with Crippen molar-refractivity contribution in [3.05, 3.63) is 12.4 Å². The van der Waals surface area contributed by atoms with Crippen molar-refractivity contribution in [2.75, 3.05) is 18.9 Å². The van der Waals surface area contributed by atoms with Gasteiger partial charge in [-0.25, -0.2) is 4.98 Å². The molecule has 13 heavy (non-hydrogen) atoms. The van der Waals surface area contributed by atoms with Gasteiger partial charge in [0, 0.05) is 24.4 Å². The van der Waals surface area contributed by atoms with Crippen molar-refractivity contribution in [3.8, 4) is 0 Å². The van der Waals surface area contributed by atoms with Crippen molar-refractivity contribution in [1.29, 1.82) is 0 Å². The van der Waals surface area contributed by atoms with Crippen molar-refractivity contribution >= 4 is 5.95 Å². The number of nitrogens with two attached hydrogens (primary N) is 1. The number of hydrogen-bond donors (Lipinski definition) is 3. The van der Waals surface area contributed by atoms with Crippen molar-refractivity contribution in [1.82, 2.24) is 9.55 Å². The summed E-state index contributed by atoms with van der Waals surface area (Å²) in [5, 5.41) is 18.1. The molecule has 0 aliphatic rings. The van der Waals surface area contributed by atoms with Gasteiger partial charge in [-0.15, -0.1) is 0 Å². The van der Waals surface area contributed by atoms with E-state index >= 15 is 0 Å². The summed E-state index contributed by atoms with van der Waals surface area (Å²) in [5.74, 6) is 0.396. The van der Waals surface area contributed by atoms with E-state index in [0.717, 1.165) is 0 Å². The third-order valence-corrected chi connectivity index (χ3v) is 2.06. The van der Waals surface area contributed by atoms with E-state index in [0.29, 0.717) is 12.5 Å². The Hall–Kier alpha value is -1.07. The molecule has 0 unspecified atom stereocenters. The van der Waals surface area contributed by atoms with Crippen molar-refractivity contribution in [2.45, 2.75) is 13.5 Å². The molecule has 0 amide bonds. The van der Waals surface area contributed by atoms with E-state index in [9.17, 15) is 0 Å². The maximum Gasteiger partial charge on any atom is 0.200 e. The quantitative estimate of drug-likeness (QED) is 0.588. The molecule has 0 aliphatic carbocycles. The molecule has 1 heterocycles. The molecule has 0 atom stereocenters. The average Bonchev–Trinajstić information content (AvgIpc) is 2.52. The molecule has 1 aromatic rings. The van der Waals surface area contributed by atoms with Gasteiger partial charge in [0.05, 0.1) is 13.2 Å². The fourth-order valence-electron chi connectivity index (χ4n) is 1.04. The molecule has 1 aromatic heterocycles. The number of aliphatic hydroxyl groups is 2. The van der Waals surface area contributed by atoms with Gasteiger partial charge in [-0.1, -0.05) is 6.92 Å². The van der Waals surface area contributed by atoms with Gasteiger partial charge < -0.3 is 20.5 Å². The van der Waals surface area contributed by atoms with Gasteiger partial charge in [0.15, 0.2) is 5.95 Å². The number of aliphatic hydroxyl groups excluding tert-OH is 2. The molecule has 0 radical (unpaired) electrons. The van der Waals surface area contributed by atoms with E-state index in [4.69, 9.17) is 15.9 Å². The molecule has 0 saturated heterocycles. The number of nitrogen functional groups attached to an aromatic ring is 1. The largest absolute Gasteiger partial charge is 0.396 e. The second kappa shape index (κ2) is 3.76. The summed E-state index contributed by atoms with van der Waals surface area (Å²) in [6.07, 6.45) is 3.31. The molecular formula is C8H15N3O2. The standard InChI is InChI=1S/C8H15N3O2/c1-8(5-12,6-13)4-11-3-2-10-7(11)9/h2-3,12-13H,4-6H2,1H3,(H2,9,10). The Balaban J connectivity index is 2.73. The summed E-state index contributed by atoms with van der Waals surface area (Å²) in [5.41, 5.74) is 5.00. The highest BCUT2D eigenvalue weighted by atomic mass is 16.3. The van der Waals surface area contributed by atoms with Gasteiger partial charge in [-0.3, -0.25) is 0 Å². The number of aromatic nitrogens is 2. The molecule has 4 N–H and O–H groups in total. The maximum atomic E-state index is 9.04. The van der Waals surface area contributed by atoms with Crippen molar-refractivity contribution < 1.29 is 10.2 Å². The zero-order valence-electron chi connectivity index (χ0n) is 7.64. The smallest absolute Gasteiger partial charge is 0.200 e. The SMILES string of the molecule is CC(CO)(CO)Cn1ccnc1N. The van der Waals surface area contributed by atoms with E-state index < -0.39 is 5.41 Å². The third-order valence-electron chi connectivity index (χ3n) is 2.06. The first-order valence-electron chi connectivity index (χ1n) is 4.09. The Labute approximate surface area is 76.8 Å². The van der Waals surface area contributed by atoms with Gasteiger partial charge in [0.2, 0.25) is 0 Å². The molecule has 0 aromatic carbocycles. The summed E-state index contributed by atoms with van der Waals surface area (Å²) in [4.78, 5) is 3.85. The van der Waals surface area contributed by atoms with E-state index in [1.807, 2.05) is 0 Å². The lowest BCUT2D eigenvalue weighted by Crippen LogP contribution is -2.31. The first-order valence-corrected chi connectivity index (χ1v) is 4.09. The van der Waals surface area contributed by atoms with Gasteiger partial charge in [0.25, 0.3) is 0 Å². The molecule has 1 rings (SSSR count). The van der Waals surface area contributed by atoms with Crippen LogP contribution in [0.2, 0.25) is 0 Å². The molecule has 74 valence electrons. The van der Waals surface area contributed by atoms with E-state index in [1.54, 1.807) is 23.9 Å². The highest BCUT2D eigenvalue weighted by molar-refractivity contribution is 5.16. The monoisotopic (exact) mass is 185 g/mol. The van der Waals surface area contributed by atoms with Crippen LogP contribution in [0, 0.1) is 5.41 Å². The lowest BCUT2D eigenvalue weighted by Gasteiger charge is -2.25. The fraction of sp³-hybridized carbons (Fsp3) is 0.625. The zero-order valence-corrected chi connectivity index (χ0v) is 7.64. The number of hydrogen-bond acceptors (Lipinski definition) is 4. The van der Waals surface area contributed by atoms with Crippen LogP contribution in [0.1, 0.15) is 6.92 Å². The molecule has 5 heteroatoms. The Morgan fingerprint density at radius 1 is 1.54 bits per heavy atom. The second-order valence-corrected chi connectivity index (χ2v) is 3.54. The minimum absolute atomic E-state index is 0.0822. The lowest BCUT2D eigenvalue weighted by atomic mass is 9.93. The summed E-state index contributed by atoms with van der Waals surface area (Å²) in [7, 11) is 0. The summed E-state index contributed by atoms with van der Waals surface area (Å²) in [6, 6.07) is 0. The highest BCUT2D eigenvalue weighted by Crippen LogP contribution is 2.18. The summed E-state index contributed by atoms with van der Waals surface area (Å²) in [6.45, 7) is 2.08. The summed E-state index contributed by atoms with van der Waals surface area (Å²) < 4.78 is 1.70. The van der Waals surface area contributed by atoms with Crippen LogP contribution in [0.25, 0.3) is 0 Å². The van der Waals surface area contributed by atoms with Crippen LogP contribution in [0.15, 0.2) is 12.4 Å². The average molecular weight is 185 g/mol. The normalized spacial score (nSPS) is 11.9. The van der Waals surface area contributed by atoms with E-state index in [2.05, 4.69) is 4.98 Å². The predicted molar refractivity (Wildman–Crippen MR) is 48.9 cm³/mol. The van der Waals surface area contributed by atoms with E-state index in [1.165, 1.54) is 0 Å². The van der Waals surface area contributed by atoms with Crippen LogP contribution in [0.3, 0.4) is 0 Å².